The predicted octanol–water partition coefficient (Wildman–Crippen LogP) is 6.05. The van der Waals surface area contributed by atoms with Gasteiger partial charge in [0.2, 0.25) is 0 Å². The van der Waals surface area contributed by atoms with Crippen LogP contribution in [0, 0.1) is 0 Å². The van der Waals surface area contributed by atoms with Gasteiger partial charge in [0, 0.05) is 22.2 Å². The number of anilines is 2. The highest BCUT2D eigenvalue weighted by Gasteiger charge is 2.13. The van der Waals surface area contributed by atoms with Crippen LogP contribution in [0.2, 0.25) is 0 Å². The Morgan fingerprint density at radius 2 is 1.64 bits per heavy atom. The van der Waals surface area contributed by atoms with Crippen molar-refractivity contribution in [2.45, 2.75) is 33.1 Å². The lowest BCUT2D eigenvalue weighted by molar-refractivity contribution is 0.101. The van der Waals surface area contributed by atoms with Crippen LogP contribution < -0.4 is 5.32 Å². The Balaban J connectivity index is 1.75. The number of carbonyl (C=O) groups is 1. The van der Waals surface area contributed by atoms with Crippen molar-refractivity contribution in [1.29, 1.82) is 0 Å². The number of aromatic nitrogens is 1. The van der Waals surface area contributed by atoms with Crippen molar-refractivity contribution in [2.75, 3.05) is 5.32 Å². The average molecular weight is 350 g/mol. The molecule has 0 radical (unpaired) electrons. The van der Waals surface area contributed by atoms with Crippen molar-refractivity contribution in [1.82, 2.24) is 4.98 Å². The molecule has 1 aromatic heterocycles. The van der Waals surface area contributed by atoms with E-state index in [9.17, 15) is 4.79 Å². The summed E-state index contributed by atoms with van der Waals surface area (Å²) in [6.45, 7) is 8.21. The molecule has 0 fully saturated rings. The number of nitrogens with one attached hydrogen (secondary N) is 1. The van der Waals surface area contributed by atoms with Crippen LogP contribution in [0.25, 0.3) is 11.3 Å². The second-order valence-corrected chi connectivity index (χ2v) is 7.98. The number of ketones is 1. The van der Waals surface area contributed by atoms with E-state index in [4.69, 9.17) is 0 Å². The Morgan fingerprint density at radius 3 is 2.20 bits per heavy atom. The summed E-state index contributed by atoms with van der Waals surface area (Å²) in [7, 11) is 0. The van der Waals surface area contributed by atoms with Gasteiger partial charge in [-0.15, -0.1) is 11.3 Å². The van der Waals surface area contributed by atoms with Crippen LogP contribution in [0.4, 0.5) is 10.8 Å². The summed E-state index contributed by atoms with van der Waals surface area (Å²) in [5, 5.41) is 6.18. The van der Waals surface area contributed by atoms with E-state index in [1.54, 1.807) is 18.3 Å². The van der Waals surface area contributed by atoms with E-state index in [0.29, 0.717) is 5.56 Å². The molecule has 3 aromatic rings. The molecule has 0 atom stereocenters. The fourth-order valence-corrected chi connectivity index (χ4v) is 3.26. The first kappa shape index (κ1) is 17.4. The number of carbonyl (C=O) groups excluding carboxylic acids is 1. The van der Waals surface area contributed by atoms with Crippen molar-refractivity contribution in [3.63, 3.8) is 0 Å². The lowest BCUT2D eigenvalue weighted by Gasteiger charge is -2.18. The topological polar surface area (TPSA) is 42.0 Å². The number of benzene rings is 2. The molecule has 0 aliphatic heterocycles. The quantitative estimate of drug-likeness (QED) is 0.582. The highest BCUT2D eigenvalue weighted by atomic mass is 32.1. The molecule has 25 heavy (non-hydrogen) atoms. The molecule has 0 aliphatic carbocycles. The molecule has 0 saturated heterocycles. The maximum absolute atomic E-state index is 11.3. The second kappa shape index (κ2) is 6.81. The number of hydrogen-bond acceptors (Lipinski definition) is 4. The van der Waals surface area contributed by atoms with Crippen LogP contribution in [0.5, 0.6) is 0 Å². The Hall–Kier alpha value is -2.46. The zero-order valence-corrected chi connectivity index (χ0v) is 15.8. The molecule has 0 unspecified atom stereocenters. The Kier molecular flexibility index (Phi) is 4.73. The van der Waals surface area contributed by atoms with Crippen LogP contribution >= 0.6 is 11.3 Å². The summed E-state index contributed by atoms with van der Waals surface area (Å²) in [4.78, 5) is 16.0. The van der Waals surface area contributed by atoms with E-state index in [1.807, 2.05) is 24.3 Å². The molecule has 0 bridgehead atoms. The van der Waals surface area contributed by atoms with Gasteiger partial charge >= 0.3 is 0 Å². The normalized spacial score (nSPS) is 11.4. The van der Waals surface area contributed by atoms with Crippen LogP contribution in [0.3, 0.4) is 0 Å². The molecule has 0 spiro atoms. The van der Waals surface area contributed by atoms with Crippen LogP contribution in [0.1, 0.15) is 43.6 Å². The van der Waals surface area contributed by atoms with Gasteiger partial charge in [-0.05, 0) is 42.2 Å². The van der Waals surface area contributed by atoms with Gasteiger partial charge in [0.05, 0.1) is 5.69 Å². The Morgan fingerprint density at radius 1 is 1.00 bits per heavy atom. The van der Waals surface area contributed by atoms with Gasteiger partial charge < -0.3 is 5.32 Å². The fourth-order valence-electron chi connectivity index (χ4n) is 2.52. The molecular weight excluding hydrogens is 328 g/mol. The van der Waals surface area contributed by atoms with Crippen molar-refractivity contribution >= 4 is 27.9 Å². The molecule has 0 saturated carbocycles. The Labute approximate surface area is 152 Å². The maximum Gasteiger partial charge on any atom is 0.187 e. The second-order valence-electron chi connectivity index (χ2n) is 7.12. The van der Waals surface area contributed by atoms with E-state index in [2.05, 4.69) is 60.7 Å². The van der Waals surface area contributed by atoms with Crippen molar-refractivity contribution < 1.29 is 4.79 Å². The molecule has 2 aromatic carbocycles. The molecule has 0 amide bonds. The molecular formula is C21H22N2OS. The van der Waals surface area contributed by atoms with Crippen LogP contribution in [-0.4, -0.2) is 10.8 Å². The van der Waals surface area contributed by atoms with Gasteiger partial charge in [0.15, 0.2) is 10.9 Å². The molecule has 4 heteroatoms. The van der Waals surface area contributed by atoms with Crippen molar-refractivity contribution in [2.24, 2.45) is 0 Å². The van der Waals surface area contributed by atoms with Gasteiger partial charge in [0.1, 0.15) is 0 Å². The third-order valence-electron chi connectivity index (χ3n) is 4.09. The summed E-state index contributed by atoms with van der Waals surface area (Å²) < 4.78 is 0. The van der Waals surface area contributed by atoms with Crippen molar-refractivity contribution in [3.8, 4) is 11.3 Å². The van der Waals surface area contributed by atoms with E-state index < -0.39 is 0 Å². The van der Waals surface area contributed by atoms with Crippen molar-refractivity contribution in [3.05, 3.63) is 65.0 Å². The van der Waals surface area contributed by atoms with E-state index in [0.717, 1.165) is 22.1 Å². The first-order chi connectivity index (χ1) is 11.8. The fraction of sp³-hybridized carbons (Fsp3) is 0.238. The molecule has 3 rings (SSSR count). The molecule has 0 aliphatic rings. The minimum Gasteiger partial charge on any atom is -0.332 e. The molecule has 128 valence electrons. The summed E-state index contributed by atoms with van der Waals surface area (Å²) in [5.74, 6) is 0.0711. The summed E-state index contributed by atoms with van der Waals surface area (Å²) in [6.07, 6.45) is 0. The van der Waals surface area contributed by atoms with Crippen LogP contribution in [0.15, 0.2) is 53.9 Å². The predicted molar refractivity (Wildman–Crippen MR) is 106 cm³/mol. The zero-order valence-electron chi connectivity index (χ0n) is 15.0. The standard InChI is InChI=1S/C21H22N2OS/c1-14(24)15-7-11-18(12-8-15)22-20-23-19(13-25-20)16-5-9-17(10-6-16)21(2,3)4/h5-13H,1-4H3,(H,22,23). The third-order valence-corrected chi connectivity index (χ3v) is 4.85. The van der Waals surface area contributed by atoms with Gasteiger partial charge in [-0.25, -0.2) is 4.98 Å². The van der Waals surface area contributed by atoms with E-state index in [1.165, 1.54) is 5.56 Å². The number of hydrogen-bond donors (Lipinski definition) is 1. The molecule has 3 nitrogen and oxygen atoms in total. The highest BCUT2D eigenvalue weighted by molar-refractivity contribution is 7.14. The number of rotatable bonds is 4. The van der Waals surface area contributed by atoms with E-state index >= 15 is 0 Å². The largest absolute Gasteiger partial charge is 0.332 e. The van der Waals surface area contributed by atoms with E-state index in [-0.39, 0.29) is 11.2 Å². The SMILES string of the molecule is CC(=O)c1ccc(Nc2nc(-c3ccc(C(C)(C)C)cc3)cs2)cc1. The number of thiazole rings is 1. The summed E-state index contributed by atoms with van der Waals surface area (Å²) in [5.41, 5.74) is 5.19. The van der Waals surface area contributed by atoms with Gasteiger partial charge in [0.25, 0.3) is 0 Å². The smallest absolute Gasteiger partial charge is 0.187 e. The average Bonchev–Trinajstić information content (AvgIpc) is 3.03. The first-order valence-corrected chi connectivity index (χ1v) is 9.15. The van der Waals surface area contributed by atoms with Crippen LogP contribution in [-0.2, 0) is 5.41 Å². The minimum absolute atomic E-state index is 0.0711. The first-order valence-electron chi connectivity index (χ1n) is 8.27. The minimum atomic E-state index is 0.0711. The van der Waals surface area contributed by atoms with Gasteiger partial charge in [-0.1, -0.05) is 45.0 Å². The number of Topliss-reactive ketones (excluding diaryl/α,β-unsaturated/α-hetero) is 1. The third kappa shape index (κ3) is 4.15. The number of nitrogens with zero attached hydrogens (tertiary/aromatic N) is 1. The molecule has 1 heterocycles. The van der Waals surface area contributed by atoms with Gasteiger partial charge in [-0.3, -0.25) is 4.79 Å². The zero-order chi connectivity index (χ0) is 18.0. The highest BCUT2D eigenvalue weighted by Crippen LogP contribution is 2.29. The van der Waals surface area contributed by atoms with Gasteiger partial charge in [-0.2, -0.15) is 0 Å². The summed E-state index contributed by atoms with van der Waals surface area (Å²) >= 11 is 1.57. The Bertz CT molecular complexity index is 872. The monoisotopic (exact) mass is 350 g/mol. The summed E-state index contributed by atoms with van der Waals surface area (Å²) in [6, 6.07) is 16.0. The maximum atomic E-state index is 11.3. The molecule has 1 N–H and O–H groups in total. The lowest BCUT2D eigenvalue weighted by Crippen LogP contribution is -2.10. The lowest BCUT2D eigenvalue weighted by atomic mass is 9.86.